The van der Waals surface area contributed by atoms with Gasteiger partial charge in [0.05, 0.1) is 23.7 Å². The van der Waals surface area contributed by atoms with Crippen LogP contribution in [0.5, 0.6) is 0 Å². The monoisotopic (exact) mass is 276 g/mol. The summed E-state index contributed by atoms with van der Waals surface area (Å²) in [6.45, 7) is 4.36. The SMILES string of the molecule is CCC(=O)N1CCN([C@H]2CS(=O)(=O)C[C@@H]2O)CC1. The van der Waals surface area contributed by atoms with Crippen LogP contribution in [0.4, 0.5) is 0 Å². The van der Waals surface area contributed by atoms with Crippen LogP contribution in [-0.2, 0) is 14.6 Å². The van der Waals surface area contributed by atoms with Crippen molar-refractivity contribution in [1.82, 2.24) is 9.80 Å². The Morgan fingerprint density at radius 1 is 1.22 bits per heavy atom. The van der Waals surface area contributed by atoms with Gasteiger partial charge in [-0.25, -0.2) is 8.42 Å². The molecule has 2 saturated heterocycles. The lowest BCUT2D eigenvalue weighted by atomic mass is 10.1. The van der Waals surface area contributed by atoms with Gasteiger partial charge in [-0.1, -0.05) is 6.92 Å². The van der Waals surface area contributed by atoms with Gasteiger partial charge >= 0.3 is 0 Å². The Kier molecular flexibility index (Phi) is 3.93. The van der Waals surface area contributed by atoms with Gasteiger partial charge in [0, 0.05) is 32.6 Å². The summed E-state index contributed by atoms with van der Waals surface area (Å²) < 4.78 is 22.9. The number of sulfone groups is 1. The molecule has 0 aromatic rings. The number of rotatable bonds is 2. The number of aliphatic hydroxyl groups excluding tert-OH is 1. The fourth-order valence-corrected chi connectivity index (χ4v) is 4.52. The average Bonchev–Trinajstić information content (AvgIpc) is 2.62. The Bertz CT molecular complexity index is 415. The number of nitrogens with zero attached hydrogens (tertiary/aromatic N) is 2. The molecule has 0 radical (unpaired) electrons. The van der Waals surface area contributed by atoms with Gasteiger partial charge in [-0.15, -0.1) is 0 Å². The van der Waals surface area contributed by atoms with Gasteiger partial charge in [0.2, 0.25) is 5.91 Å². The maximum Gasteiger partial charge on any atom is 0.222 e. The number of carbonyl (C=O) groups is 1. The predicted octanol–water partition coefficient (Wildman–Crippen LogP) is -1.30. The number of piperazine rings is 1. The van der Waals surface area contributed by atoms with Crippen molar-refractivity contribution in [2.24, 2.45) is 0 Å². The fraction of sp³-hybridized carbons (Fsp3) is 0.909. The van der Waals surface area contributed by atoms with E-state index in [1.807, 2.05) is 11.8 Å². The quantitative estimate of drug-likeness (QED) is 0.678. The highest BCUT2D eigenvalue weighted by Crippen LogP contribution is 2.20. The molecule has 2 heterocycles. The molecule has 0 spiro atoms. The van der Waals surface area contributed by atoms with E-state index in [4.69, 9.17) is 0 Å². The smallest absolute Gasteiger partial charge is 0.222 e. The van der Waals surface area contributed by atoms with Crippen LogP contribution in [-0.4, -0.2) is 79.1 Å². The molecule has 0 aliphatic carbocycles. The first-order valence-corrected chi connectivity index (χ1v) is 8.15. The molecule has 1 N–H and O–H groups in total. The van der Waals surface area contributed by atoms with Gasteiger partial charge in [-0.2, -0.15) is 0 Å². The summed E-state index contributed by atoms with van der Waals surface area (Å²) in [5.74, 6) is 0.0380. The second kappa shape index (κ2) is 5.14. The van der Waals surface area contributed by atoms with Crippen LogP contribution in [0.15, 0.2) is 0 Å². The minimum Gasteiger partial charge on any atom is -0.390 e. The van der Waals surface area contributed by atoms with Crippen molar-refractivity contribution in [3.8, 4) is 0 Å². The third-order valence-corrected chi connectivity index (χ3v) is 5.43. The third-order valence-electron chi connectivity index (χ3n) is 3.73. The molecule has 18 heavy (non-hydrogen) atoms. The molecule has 0 saturated carbocycles. The Hall–Kier alpha value is -0.660. The summed E-state index contributed by atoms with van der Waals surface area (Å²) in [4.78, 5) is 15.3. The molecule has 2 aliphatic heterocycles. The van der Waals surface area contributed by atoms with Crippen molar-refractivity contribution < 1.29 is 18.3 Å². The highest BCUT2D eigenvalue weighted by atomic mass is 32.2. The summed E-state index contributed by atoms with van der Waals surface area (Å²) in [5.41, 5.74) is 0. The lowest BCUT2D eigenvalue weighted by molar-refractivity contribution is -0.133. The number of hydrogen-bond donors (Lipinski definition) is 1. The van der Waals surface area contributed by atoms with Gasteiger partial charge in [0.1, 0.15) is 0 Å². The summed E-state index contributed by atoms with van der Waals surface area (Å²) in [5, 5.41) is 9.80. The summed E-state index contributed by atoms with van der Waals surface area (Å²) in [6.07, 6.45) is -0.288. The Labute approximate surface area is 107 Å². The van der Waals surface area contributed by atoms with Gasteiger partial charge in [0.25, 0.3) is 0 Å². The summed E-state index contributed by atoms with van der Waals surface area (Å²) in [6, 6.07) is -0.297. The van der Waals surface area contributed by atoms with E-state index in [0.717, 1.165) is 0 Å². The standard InChI is InChI=1S/C11H20N2O4S/c1-2-11(15)13-5-3-12(4-6-13)9-7-18(16,17)8-10(9)14/h9-10,14H,2-8H2,1H3/t9-,10-/m0/s1. The van der Waals surface area contributed by atoms with Crippen LogP contribution in [0.3, 0.4) is 0 Å². The maximum absolute atomic E-state index is 11.5. The molecule has 0 aromatic heterocycles. The van der Waals surface area contributed by atoms with Crippen molar-refractivity contribution in [3.63, 3.8) is 0 Å². The van der Waals surface area contributed by atoms with E-state index in [1.165, 1.54) is 0 Å². The number of carbonyl (C=O) groups excluding carboxylic acids is 1. The van der Waals surface area contributed by atoms with Gasteiger partial charge in [-0.3, -0.25) is 9.69 Å². The highest BCUT2D eigenvalue weighted by Gasteiger charge is 2.40. The van der Waals surface area contributed by atoms with E-state index in [2.05, 4.69) is 0 Å². The summed E-state index contributed by atoms with van der Waals surface area (Å²) >= 11 is 0. The lowest BCUT2D eigenvalue weighted by Gasteiger charge is -2.38. The van der Waals surface area contributed by atoms with E-state index in [0.29, 0.717) is 32.6 Å². The first-order valence-electron chi connectivity index (χ1n) is 6.33. The van der Waals surface area contributed by atoms with Crippen LogP contribution in [0.2, 0.25) is 0 Å². The second-order valence-corrected chi connectivity index (χ2v) is 7.14. The van der Waals surface area contributed by atoms with Crippen molar-refractivity contribution >= 4 is 15.7 Å². The van der Waals surface area contributed by atoms with Crippen LogP contribution in [0, 0.1) is 0 Å². The Morgan fingerprint density at radius 2 is 1.83 bits per heavy atom. The average molecular weight is 276 g/mol. The third kappa shape index (κ3) is 2.84. The molecule has 2 fully saturated rings. The fourth-order valence-electron chi connectivity index (χ4n) is 2.69. The van der Waals surface area contributed by atoms with Crippen molar-refractivity contribution in [2.75, 3.05) is 37.7 Å². The molecule has 2 rings (SSSR count). The second-order valence-electron chi connectivity index (χ2n) is 4.98. The first kappa shape index (κ1) is 13.8. The Morgan fingerprint density at radius 3 is 2.28 bits per heavy atom. The van der Waals surface area contributed by atoms with E-state index < -0.39 is 15.9 Å². The van der Waals surface area contributed by atoms with Gasteiger partial charge in [0.15, 0.2) is 9.84 Å². The molecule has 6 nitrogen and oxygen atoms in total. The van der Waals surface area contributed by atoms with E-state index in [1.54, 1.807) is 4.90 Å². The minimum atomic E-state index is -3.10. The zero-order chi connectivity index (χ0) is 13.3. The largest absolute Gasteiger partial charge is 0.390 e. The maximum atomic E-state index is 11.5. The molecule has 0 unspecified atom stereocenters. The summed E-state index contributed by atoms with van der Waals surface area (Å²) in [7, 11) is -3.10. The van der Waals surface area contributed by atoms with Gasteiger partial charge in [-0.05, 0) is 0 Å². The number of hydrogen-bond acceptors (Lipinski definition) is 5. The zero-order valence-electron chi connectivity index (χ0n) is 10.6. The van der Waals surface area contributed by atoms with Crippen LogP contribution in [0.25, 0.3) is 0 Å². The molecule has 0 bridgehead atoms. The highest BCUT2D eigenvalue weighted by molar-refractivity contribution is 7.91. The van der Waals surface area contributed by atoms with Gasteiger partial charge < -0.3 is 10.0 Å². The minimum absolute atomic E-state index is 0.0376. The molecule has 1 amide bonds. The van der Waals surface area contributed by atoms with Crippen molar-refractivity contribution in [2.45, 2.75) is 25.5 Å². The molecule has 2 atom stereocenters. The van der Waals surface area contributed by atoms with Crippen molar-refractivity contribution in [1.29, 1.82) is 0 Å². The Balaban J connectivity index is 1.92. The lowest BCUT2D eigenvalue weighted by Crippen LogP contribution is -2.54. The molecule has 2 aliphatic rings. The predicted molar refractivity (Wildman–Crippen MR) is 66.9 cm³/mol. The van der Waals surface area contributed by atoms with Crippen molar-refractivity contribution in [3.05, 3.63) is 0 Å². The van der Waals surface area contributed by atoms with Crippen LogP contribution in [0.1, 0.15) is 13.3 Å². The zero-order valence-corrected chi connectivity index (χ0v) is 11.4. The topological polar surface area (TPSA) is 77.9 Å². The van der Waals surface area contributed by atoms with Crippen LogP contribution >= 0.6 is 0 Å². The van der Waals surface area contributed by atoms with E-state index >= 15 is 0 Å². The molecule has 0 aromatic carbocycles. The molecular formula is C11H20N2O4S. The molecular weight excluding hydrogens is 256 g/mol. The normalized spacial score (nSPS) is 32.7. The number of amides is 1. The van der Waals surface area contributed by atoms with Crippen LogP contribution < -0.4 is 0 Å². The van der Waals surface area contributed by atoms with E-state index in [9.17, 15) is 18.3 Å². The van der Waals surface area contributed by atoms with E-state index in [-0.39, 0.29) is 23.5 Å². The number of aliphatic hydroxyl groups is 1. The first-order chi connectivity index (χ1) is 8.43. The molecule has 104 valence electrons. The molecule has 7 heteroatoms.